The number of hydrogen-bond donors (Lipinski definition) is 1. The number of allylic oxidation sites excluding steroid dienone is 1. The monoisotopic (exact) mass is 281 g/mol. The van der Waals surface area contributed by atoms with Gasteiger partial charge in [-0.3, -0.25) is 0 Å². The van der Waals surface area contributed by atoms with Gasteiger partial charge in [-0.15, -0.1) is 0 Å². The summed E-state index contributed by atoms with van der Waals surface area (Å²) in [5, 5.41) is 4.59. The summed E-state index contributed by atoms with van der Waals surface area (Å²) in [7, 11) is -3.37. The molecular formula is C15H23NO2S. The van der Waals surface area contributed by atoms with Crippen LogP contribution in [0, 0.1) is 5.92 Å². The molecule has 0 saturated heterocycles. The Hall–Kier alpha value is -1.29. The van der Waals surface area contributed by atoms with Crippen molar-refractivity contribution >= 4 is 9.84 Å². The number of nitrogens with one attached hydrogen (secondary N) is 1. The lowest BCUT2D eigenvalue weighted by atomic mass is 10.1. The van der Waals surface area contributed by atoms with Gasteiger partial charge < -0.3 is 5.32 Å². The zero-order valence-electron chi connectivity index (χ0n) is 11.9. The Morgan fingerprint density at radius 2 is 1.89 bits per heavy atom. The van der Waals surface area contributed by atoms with Gasteiger partial charge in [-0.2, -0.15) is 0 Å². The van der Waals surface area contributed by atoms with Crippen LogP contribution in [0.15, 0.2) is 46.3 Å². The summed E-state index contributed by atoms with van der Waals surface area (Å²) in [6.07, 6.45) is 2.12. The zero-order valence-corrected chi connectivity index (χ0v) is 12.7. The predicted octanol–water partition coefficient (Wildman–Crippen LogP) is 3.35. The van der Waals surface area contributed by atoms with Crippen LogP contribution in [-0.4, -0.2) is 15.0 Å². The molecule has 0 unspecified atom stereocenters. The van der Waals surface area contributed by atoms with Gasteiger partial charge >= 0.3 is 0 Å². The third kappa shape index (κ3) is 5.07. The van der Waals surface area contributed by atoms with Crippen molar-refractivity contribution in [3.05, 3.63) is 41.4 Å². The van der Waals surface area contributed by atoms with Gasteiger partial charge in [0, 0.05) is 12.2 Å². The number of unbranched alkanes of at least 4 members (excludes halogenated alkanes) is 1. The molecule has 1 aromatic carbocycles. The molecule has 0 bridgehead atoms. The van der Waals surface area contributed by atoms with E-state index in [1.165, 1.54) is 5.41 Å². The van der Waals surface area contributed by atoms with Crippen molar-refractivity contribution < 1.29 is 8.42 Å². The Kier molecular flexibility index (Phi) is 6.09. The Labute approximate surface area is 116 Å². The summed E-state index contributed by atoms with van der Waals surface area (Å²) < 4.78 is 24.5. The van der Waals surface area contributed by atoms with E-state index in [1.54, 1.807) is 24.3 Å². The molecule has 4 heteroatoms. The Morgan fingerprint density at radius 3 is 2.42 bits per heavy atom. The first-order valence-corrected chi connectivity index (χ1v) is 8.27. The molecule has 0 spiro atoms. The van der Waals surface area contributed by atoms with Crippen molar-refractivity contribution in [3.63, 3.8) is 0 Å². The van der Waals surface area contributed by atoms with Crippen LogP contribution >= 0.6 is 0 Å². The van der Waals surface area contributed by atoms with E-state index in [2.05, 4.69) is 12.2 Å². The van der Waals surface area contributed by atoms with E-state index in [0.29, 0.717) is 4.90 Å². The zero-order chi connectivity index (χ0) is 14.3. The highest BCUT2D eigenvalue weighted by Crippen LogP contribution is 2.16. The summed E-state index contributed by atoms with van der Waals surface area (Å²) in [6, 6.07) is 8.53. The number of hydrogen-bond acceptors (Lipinski definition) is 3. The first-order chi connectivity index (χ1) is 8.97. The topological polar surface area (TPSA) is 46.2 Å². The van der Waals surface area contributed by atoms with Gasteiger partial charge in [-0.1, -0.05) is 45.4 Å². The summed E-state index contributed by atoms with van der Waals surface area (Å²) in [4.78, 5) is 0.338. The van der Waals surface area contributed by atoms with Crippen molar-refractivity contribution in [2.24, 2.45) is 5.92 Å². The third-order valence-electron chi connectivity index (χ3n) is 2.84. The number of benzene rings is 1. The van der Waals surface area contributed by atoms with Crippen molar-refractivity contribution in [2.75, 3.05) is 6.54 Å². The molecule has 106 valence electrons. The van der Waals surface area contributed by atoms with E-state index in [9.17, 15) is 8.42 Å². The van der Waals surface area contributed by atoms with E-state index in [1.807, 2.05) is 19.9 Å². The standard InChI is InChI=1S/C15H23NO2S/c1-4-5-11-16-15(13(2)3)12-19(17,18)14-9-7-6-8-10-14/h6-10,12-13,16H,4-5,11H2,1-3H3/b15-12-. The highest BCUT2D eigenvalue weighted by atomic mass is 32.2. The lowest BCUT2D eigenvalue weighted by Gasteiger charge is -2.14. The minimum Gasteiger partial charge on any atom is -0.388 e. The molecule has 1 rings (SSSR count). The summed E-state index contributed by atoms with van der Waals surface area (Å²) >= 11 is 0. The largest absolute Gasteiger partial charge is 0.388 e. The quantitative estimate of drug-likeness (QED) is 0.780. The van der Waals surface area contributed by atoms with Crippen LogP contribution < -0.4 is 5.32 Å². The summed E-state index contributed by atoms with van der Waals surface area (Å²) in [5.74, 6) is 0.162. The molecule has 1 N–H and O–H groups in total. The molecule has 0 saturated carbocycles. The van der Waals surface area contributed by atoms with Crippen LogP contribution in [0.5, 0.6) is 0 Å². The summed E-state index contributed by atoms with van der Waals surface area (Å²) in [5.41, 5.74) is 0.775. The molecule has 0 amide bonds. The van der Waals surface area contributed by atoms with Crippen LogP contribution in [-0.2, 0) is 9.84 Å². The van der Waals surface area contributed by atoms with E-state index in [-0.39, 0.29) is 5.92 Å². The van der Waals surface area contributed by atoms with Crippen molar-refractivity contribution in [1.29, 1.82) is 0 Å². The van der Waals surface area contributed by atoms with Crippen LogP contribution in [0.3, 0.4) is 0 Å². The molecule has 0 aromatic heterocycles. The van der Waals surface area contributed by atoms with Gasteiger partial charge in [-0.25, -0.2) is 8.42 Å². The molecule has 0 aliphatic heterocycles. The molecule has 0 fully saturated rings. The maximum atomic E-state index is 12.3. The number of rotatable bonds is 7. The maximum absolute atomic E-state index is 12.3. The van der Waals surface area contributed by atoms with Gasteiger partial charge in [-0.05, 0) is 24.5 Å². The van der Waals surface area contributed by atoms with Crippen molar-refractivity contribution in [1.82, 2.24) is 5.32 Å². The van der Waals surface area contributed by atoms with Crippen LogP contribution in [0.25, 0.3) is 0 Å². The second-order valence-electron chi connectivity index (χ2n) is 4.87. The molecule has 0 radical (unpaired) electrons. The maximum Gasteiger partial charge on any atom is 0.201 e. The molecule has 0 heterocycles. The average Bonchev–Trinajstić information content (AvgIpc) is 2.38. The smallest absolute Gasteiger partial charge is 0.201 e. The van der Waals surface area contributed by atoms with Crippen LogP contribution in [0.4, 0.5) is 0 Å². The Balaban J connectivity index is 2.95. The van der Waals surface area contributed by atoms with Gasteiger partial charge in [0.15, 0.2) is 0 Å². The molecule has 0 aliphatic rings. The molecule has 19 heavy (non-hydrogen) atoms. The van der Waals surface area contributed by atoms with Crippen molar-refractivity contribution in [2.45, 2.75) is 38.5 Å². The van der Waals surface area contributed by atoms with Crippen molar-refractivity contribution in [3.8, 4) is 0 Å². The van der Waals surface area contributed by atoms with E-state index >= 15 is 0 Å². The van der Waals surface area contributed by atoms with Crippen LogP contribution in [0.1, 0.15) is 33.6 Å². The highest BCUT2D eigenvalue weighted by Gasteiger charge is 2.13. The first kappa shape index (κ1) is 15.8. The van der Waals surface area contributed by atoms with Gasteiger partial charge in [0.25, 0.3) is 0 Å². The second-order valence-corrected chi connectivity index (χ2v) is 6.66. The normalized spacial score (nSPS) is 12.7. The van der Waals surface area contributed by atoms with Gasteiger partial charge in [0.1, 0.15) is 0 Å². The molecule has 1 aromatic rings. The lowest BCUT2D eigenvalue weighted by molar-refractivity contribution is 0.598. The minimum absolute atomic E-state index is 0.162. The Morgan fingerprint density at radius 1 is 1.26 bits per heavy atom. The summed E-state index contributed by atoms with van der Waals surface area (Å²) in [6.45, 7) is 6.91. The van der Waals surface area contributed by atoms with Crippen LogP contribution in [0.2, 0.25) is 0 Å². The molecule has 3 nitrogen and oxygen atoms in total. The predicted molar refractivity (Wildman–Crippen MR) is 79.5 cm³/mol. The van der Waals surface area contributed by atoms with E-state index in [0.717, 1.165) is 25.1 Å². The molecule has 0 aliphatic carbocycles. The first-order valence-electron chi connectivity index (χ1n) is 6.73. The van der Waals surface area contributed by atoms with E-state index in [4.69, 9.17) is 0 Å². The lowest BCUT2D eigenvalue weighted by Crippen LogP contribution is -2.20. The minimum atomic E-state index is -3.37. The van der Waals surface area contributed by atoms with Gasteiger partial charge in [0.05, 0.1) is 10.3 Å². The second kappa shape index (κ2) is 7.34. The van der Waals surface area contributed by atoms with Gasteiger partial charge in [0.2, 0.25) is 9.84 Å². The fourth-order valence-corrected chi connectivity index (χ4v) is 3.00. The molecular weight excluding hydrogens is 258 g/mol. The number of sulfone groups is 1. The SMILES string of the molecule is CCCCN/C(=C\S(=O)(=O)c1ccccc1)C(C)C. The fraction of sp³-hybridized carbons (Fsp3) is 0.467. The average molecular weight is 281 g/mol. The highest BCUT2D eigenvalue weighted by molar-refractivity contribution is 7.94. The third-order valence-corrected chi connectivity index (χ3v) is 4.33. The Bertz CT molecular complexity index is 504. The fourth-order valence-electron chi connectivity index (χ4n) is 1.64. The van der Waals surface area contributed by atoms with E-state index < -0.39 is 9.84 Å². The molecule has 0 atom stereocenters.